The first kappa shape index (κ1) is 19.9. The Labute approximate surface area is 173 Å². The molecule has 0 saturated heterocycles. The maximum atomic E-state index is 13.3. The van der Waals surface area contributed by atoms with Gasteiger partial charge in [0.25, 0.3) is 5.56 Å². The summed E-state index contributed by atoms with van der Waals surface area (Å²) in [6.45, 7) is 8.75. The van der Waals surface area contributed by atoms with Crippen molar-refractivity contribution in [1.82, 2.24) is 9.13 Å². The lowest BCUT2D eigenvalue weighted by Crippen LogP contribution is -2.46. The zero-order valence-corrected chi connectivity index (χ0v) is 18.4. The second-order valence-electron chi connectivity index (χ2n) is 9.32. The van der Waals surface area contributed by atoms with Crippen molar-refractivity contribution in [3.8, 4) is 0 Å². The second kappa shape index (κ2) is 6.83. The van der Waals surface area contributed by atoms with E-state index >= 15 is 0 Å². The Morgan fingerprint density at radius 1 is 1.24 bits per heavy atom. The molecular weight excluding hydrogens is 386 g/mol. The zero-order valence-electron chi connectivity index (χ0n) is 17.5. The minimum Gasteiger partial charge on any atom is -0.344 e. The van der Waals surface area contributed by atoms with E-state index in [0.29, 0.717) is 36.3 Å². The summed E-state index contributed by atoms with van der Waals surface area (Å²) < 4.78 is 2.84. The van der Waals surface area contributed by atoms with Crippen molar-refractivity contribution in [2.24, 2.45) is 18.4 Å². The largest absolute Gasteiger partial charge is 0.344 e. The lowest BCUT2D eigenvalue weighted by Gasteiger charge is -2.39. The van der Waals surface area contributed by atoms with Gasteiger partial charge < -0.3 is 5.32 Å². The van der Waals surface area contributed by atoms with Crippen molar-refractivity contribution >= 4 is 22.9 Å². The lowest BCUT2D eigenvalue weighted by molar-refractivity contribution is -0.118. The quantitative estimate of drug-likeness (QED) is 0.836. The topological polar surface area (TPSA) is 73.1 Å². The molecule has 1 N–H and O–H groups in total. The van der Waals surface area contributed by atoms with Gasteiger partial charge in [0.05, 0.1) is 11.5 Å². The molecule has 154 valence electrons. The summed E-state index contributed by atoms with van der Waals surface area (Å²) >= 11 is 1.54. The van der Waals surface area contributed by atoms with Gasteiger partial charge >= 0.3 is 5.69 Å². The first-order valence-electron chi connectivity index (χ1n) is 10.0. The Bertz CT molecular complexity index is 1130. The molecule has 1 aliphatic carbocycles. The summed E-state index contributed by atoms with van der Waals surface area (Å²) in [6.07, 6.45) is 1.16. The van der Waals surface area contributed by atoms with E-state index in [9.17, 15) is 14.4 Å². The molecule has 3 heterocycles. The maximum absolute atomic E-state index is 13.3. The average molecular weight is 414 g/mol. The summed E-state index contributed by atoms with van der Waals surface area (Å²) in [5, 5.41) is 5.33. The Hall–Kier alpha value is -2.41. The van der Waals surface area contributed by atoms with Gasteiger partial charge in [0.15, 0.2) is 5.78 Å². The molecule has 0 bridgehead atoms. The van der Waals surface area contributed by atoms with Crippen molar-refractivity contribution in [3.63, 3.8) is 0 Å². The summed E-state index contributed by atoms with van der Waals surface area (Å²) in [7, 11) is 1.52. The average Bonchev–Trinajstić information content (AvgIpc) is 3.15. The van der Waals surface area contributed by atoms with Crippen LogP contribution in [0.15, 0.2) is 38.4 Å². The molecule has 0 aromatic carbocycles. The fourth-order valence-corrected chi connectivity index (χ4v) is 5.37. The van der Waals surface area contributed by atoms with Crippen molar-refractivity contribution in [1.29, 1.82) is 0 Å². The van der Waals surface area contributed by atoms with Crippen LogP contribution in [0.1, 0.15) is 56.9 Å². The summed E-state index contributed by atoms with van der Waals surface area (Å²) in [4.78, 5) is 40.4. The normalized spacial score (nSPS) is 20.5. The van der Waals surface area contributed by atoms with Crippen LogP contribution in [0.2, 0.25) is 0 Å². The highest BCUT2D eigenvalue weighted by molar-refractivity contribution is 7.10. The highest BCUT2D eigenvalue weighted by Gasteiger charge is 2.43. The number of Topliss-reactive ketones (excluding diaryl/α,β-unsaturated/α-hetero) is 1. The van der Waals surface area contributed by atoms with E-state index in [1.807, 2.05) is 31.4 Å². The number of hydrogen-bond donors (Lipinski definition) is 1. The molecule has 0 spiro atoms. The van der Waals surface area contributed by atoms with Crippen LogP contribution in [0.4, 0.5) is 5.82 Å². The summed E-state index contributed by atoms with van der Waals surface area (Å²) in [5.41, 5.74) is 1.21. The van der Waals surface area contributed by atoms with Crippen LogP contribution >= 0.6 is 11.3 Å². The number of rotatable bonds is 3. The van der Waals surface area contributed by atoms with Crippen LogP contribution < -0.4 is 16.6 Å². The molecule has 0 radical (unpaired) electrons. The van der Waals surface area contributed by atoms with Gasteiger partial charge in [0, 0.05) is 36.2 Å². The Morgan fingerprint density at radius 3 is 2.59 bits per heavy atom. The first-order chi connectivity index (χ1) is 13.6. The predicted molar refractivity (Wildman–Crippen MR) is 116 cm³/mol. The minimum absolute atomic E-state index is 0.0801. The molecule has 29 heavy (non-hydrogen) atoms. The van der Waals surface area contributed by atoms with E-state index in [1.165, 1.54) is 23.0 Å². The second-order valence-corrected chi connectivity index (χ2v) is 10.3. The van der Waals surface area contributed by atoms with Gasteiger partial charge in [0.2, 0.25) is 0 Å². The van der Waals surface area contributed by atoms with E-state index < -0.39 is 5.92 Å². The van der Waals surface area contributed by atoms with Crippen molar-refractivity contribution in [2.75, 3.05) is 5.32 Å². The molecule has 1 atom stereocenters. The Kier molecular flexibility index (Phi) is 4.69. The number of ketones is 1. The smallest absolute Gasteiger partial charge is 0.332 e. The number of aromatic nitrogens is 2. The van der Waals surface area contributed by atoms with Crippen molar-refractivity contribution in [2.45, 2.75) is 53.0 Å². The molecular formula is C22H27N3O3S. The van der Waals surface area contributed by atoms with E-state index in [0.717, 1.165) is 10.6 Å². The van der Waals surface area contributed by atoms with Crippen molar-refractivity contribution < 1.29 is 4.79 Å². The fraction of sp³-hybridized carbons (Fsp3) is 0.500. The van der Waals surface area contributed by atoms with Crippen LogP contribution in [0.5, 0.6) is 0 Å². The van der Waals surface area contributed by atoms with E-state index in [-0.39, 0.29) is 28.4 Å². The number of carbonyl (C=O) groups is 1. The van der Waals surface area contributed by atoms with Gasteiger partial charge in [-0.25, -0.2) is 4.79 Å². The number of fused-ring (bicyclic) bond motifs is 1. The number of nitrogens with zero attached hydrogens (tertiary/aromatic N) is 2. The Balaban J connectivity index is 2.06. The molecule has 0 unspecified atom stereocenters. The van der Waals surface area contributed by atoms with Crippen LogP contribution in [-0.4, -0.2) is 14.9 Å². The predicted octanol–water partition coefficient (Wildman–Crippen LogP) is 3.47. The van der Waals surface area contributed by atoms with Gasteiger partial charge in [-0.05, 0) is 29.2 Å². The number of anilines is 1. The molecule has 4 rings (SSSR count). The van der Waals surface area contributed by atoms with Gasteiger partial charge in [0.1, 0.15) is 5.82 Å². The first-order valence-corrected chi connectivity index (χ1v) is 10.9. The third-order valence-corrected chi connectivity index (χ3v) is 6.66. The van der Waals surface area contributed by atoms with Crippen molar-refractivity contribution in [3.05, 3.63) is 60.1 Å². The number of nitrogens with one attached hydrogen (secondary N) is 1. The van der Waals surface area contributed by atoms with E-state index in [2.05, 4.69) is 19.2 Å². The SMILES string of the molecule is CC(C)Cn1c2c(c(=O)n(C)c1=O)[C@H](c1cccs1)C1=C(CC(C)(C)CC1=O)N2. The molecule has 2 aromatic rings. The summed E-state index contributed by atoms with van der Waals surface area (Å²) in [5.74, 6) is 0.435. The fourth-order valence-electron chi connectivity index (χ4n) is 4.53. The Morgan fingerprint density at radius 2 is 1.97 bits per heavy atom. The molecule has 0 amide bonds. The lowest BCUT2D eigenvalue weighted by atomic mass is 9.70. The molecule has 7 heteroatoms. The van der Waals surface area contributed by atoms with Crippen LogP contribution in [0.3, 0.4) is 0 Å². The summed E-state index contributed by atoms with van der Waals surface area (Å²) in [6, 6.07) is 3.91. The molecule has 0 fully saturated rings. The van der Waals surface area contributed by atoms with Gasteiger partial charge in [-0.3, -0.25) is 18.7 Å². The number of allylic oxidation sites excluding steroid dienone is 2. The highest BCUT2D eigenvalue weighted by atomic mass is 32.1. The zero-order chi connectivity index (χ0) is 21.1. The molecule has 6 nitrogen and oxygen atoms in total. The van der Waals surface area contributed by atoms with Crippen LogP contribution in [-0.2, 0) is 18.4 Å². The highest BCUT2D eigenvalue weighted by Crippen LogP contribution is 2.48. The third-order valence-electron chi connectivity index (χ3n) is 5.72. The van der Waals surface area contributed by atoms with Crippen LogP contribution in [0, 0.1) is 11.3 Å². The van der Waals surface area contributed by atoms with E-state index in [1.54, 1.807) is 4.57 Å². The minimum atomic E-state index is -0.428. The molecule has 2 aliphatic rings. The molecule has 2 aromatic heterocycles. The third kappa shape index (κ3) is 3.21. The standard InChI is InChI=1S/C22H27N3O3S/c1-12(2)11-25-19-18(20(27)24(5)21(25)28)17(15-7-6-8-29-15)16-13(23-19)9-22(3,4)10-14(16)26/h6-8,12,17,23H,9-11H2,1-5H3/t17-/m1/s1. The van der Waals surface area contributed by atoms with Gasteiger partial charge in [-0.2, -0.15) is 0 Å². The number of hydrogen-bond acceptors (Lipinski definition) is 5. The molecule has 1 aliphatic heterocycles. The number of thiophene rings is 1. The molecule has 0 saturated carbocycles. The van der Waals surface area contributed by atoms with Gasteiger partial charge in [-0.15, -0.1) is 11.3 Å². The van der Waals surface area contributed by atoms with Crippen LogP contribution in [0.25, 0.3) is 0 Å². The van der Waals surface area contributed by atoms with Gasteiger partial charge in [-0.1, -0.05) is 33.8 Å². The number of carbonyl (C=O) groups excluding carboxylic acids is 1. The monoisotopic (exact) mass is 413 g/mol. The maximum Gasteiger partial charge on any atom is 0.332 e. The van der Waals surface area contributed by atoms with E-state index in [4.69, 9.17) is 0 Å².